The van der Waals surface area contributed by atoms with E-state index in [0.29, 0.717) is 10.8 Å². The second-order valence-electron chi connectivity index (χ2n) is 32.4. The van der Waals surface area contributed by atoms with Crippen LogP contribution in [0.15, 0.2) is 170 Å². The number of hydrogen-bond acceptors (Lipinski definition) is 0. The zero-order chi connectivity index (χ0) is 66.4. The molecular formula is C92H122. The number of hydrogen-bond donors (Lipinski definition) is 0. The molecule has 490 valence electrons. The first-order chi connectivity index (χ1) is 43.7. The van der Waals surface area contributed by atoms with Crippen molar-refractivity contribution < 1.29 is 0 Å². The molecule has 4 saturated carbocycles. The lowest BCUT2D eigenvalue weighted by molar-refractivity contribution is 0.221. The molecule has 12 rings (SSSR count). The Labute approximate surface area is 563 Å². The zero-order valence-corrected chi connectivity index (χ0v) is 61.2. The van der Waals surface area contributed by atoms with Crippen LogP contribution in [0.25, 0.3) is 33.4 Å². The van der Waals surface area contributed by atoms with Gasteiger partial charge in [0.05, 0.1) is 0 Å². The Bertz CT molecular complexity index is 3380. The Kier molecular flexibility index (Phi) is 25.1. The highest BCUT2D eigenvalue weighted by molar-refractivity contribution is 5.82. The third-order valence-electron chi connectivity index (χ3n) is 22.2. The van der Waals surface area contributed by atoms with E-state index < -0.39 is 0 Å². The summed E-state index contributed by atoms with van der Waals surface area (Å²) < 4.78 is 0. The first kappa shape index (κ1) is 71.6. The molecule has 92 heavy (non-hydrogen) atoms. The van der Waals surface area contributed by atoms with Gasteiger partial charge in [-0.15, -0.1) is 0 Å². The summed E-state index contributed by atoms with van der Waals surface area (Å²) in [6.45, 7) is 41.5. The van der Waals surface area contributed by atoms with Crippen molar-refractivity contribution in [1.82, 2.24) is 0 Å². The SMILES string of the molecule is Cc1c(C(C)(C)C)cccc1C(C)(C)C.Cc1c(C2CCC(C)(C)CC2)cccc1C1CCC(C)(C)CC1.Cc1c(C2CCCCC2)cccc1C1CCCCC1.Cc1cc(C)c(-c2ccccc2)c(C)c1-c1ccccc1.Cc1cccc(-c2ccccc2)c1C. The van der Waals surface area contributed by atoms with E-state index in [1.54, 1.807) is 33.4 Å². The highest BCUT2D eigenvalue weighted by Gasteiger charge is 2.32. The minimum atomic E-state index is 0.241. The maximum atomic E-state index is 2.44. The molecule has 8 aromatic carbocycles. The Morgan fingerprint density at radius 1 is 0.283 bits per heavy atom. The van der Waals surface area contributed by atoms with Gasteiger partial charge in [-0.05, 0) is 289 Å². The molecule has 8 aromatic rings. The van der Waals surface area contributed by atoms with Crippen LogP contribution in [0.2, 0.25) is 0 Å². The van der Waals surface area contributed by atoms with E-state index in [1.807, 2.05) is 0 Å². The molecule has 0 saturated heterocycles. The smallest absolute Gasteiger partial charge is 0.0119 e. The first-order valence-corrected chi connectivity index (χ1v) is 36.4. The monoisotopic (exact) mass is 1230 g/mol. The van der Waals surface area contributed by atoms with Gasteiger partial charge in [-0.2, -0.15) is 0 Å². The van der Waals surface area contributed by atoms with Gasteiger partial charge in [-0.25, -0.2) is 0 Å². The van der Waals surface area contributed by atoms with Crippen LogP contribution in [0.4, 0.5) is 0 Å². The minimum Gasteiger partial charge on any atom is -0.0622 e. The van der Waals surface area contributed by atoms with E-state index in [9.17, 15) is 0 Å². The number of aryl methyl sites for hydroxylation is 3. The predicted octanol–water partition coefficient (Wildman–Crippen LogP) is 28.0. The van der Waals surface area contributed by atoms with E-state index in [4.69, 9.17) is 0 Å². The van der Waals surface area contributed by atoms with Gasteiger partial charge in [0, 0.05) is 0 Å². The van der Waals surface area contributed by atoms with Crippen molar-refractivity contribution in [2.75, 3.05) is 0 Å². The average molecular weight is 1230 g/mol. The largest absolute Gasteiger partial charge is 0.0622 e. The summed E-state index contributed by atoms with van der Waals surface area (Å²) in [6.07, 6.45) is 25.5. The van der Waals surface area contributed by atoms with Crippen LogP contribution in [0.1, 0.15) is 286 Å². The van der Waals surface area contributed by atoms with Crippen molar-refractivity contribution >= 4 is 0 Å². The number of benzene rings is 8. The highest BCUT2D eigenvalue weighted by Crippen LogP contribution is 2.48. The molecule has 0 unspecified atom stereocenters. The second-order valence-corrected chi connectivity index (χ2v) is 32.4. The molecule has 4 fully saturated rings. The van der Waals surface area contributed by atoms with Crippen LogP contribution < -0.4 is 0 Å². The van der Waals surface area contributed by atoms with Crippen LogP contribution in [-0.4, -0.2) is 0 Å². The summed E-state index contributed by atoms with van der Waals surface area (Å²) in [5.41, 5.74) is 30.7. The molecule has 0 atom stereocenters. The summed E-state index contributed by atoms with van der Waals surface area (Å²) in [7, 11) is 0. The number of rotatable bonds is 7. The maximum Gasteiger partial charge on any atom is -0.0119 e. The fourth-order valence-corrected chi connectivity index (χ4v) is 16.6. The standard InChI is InChI=1S/C23H36.C21H20.C19H28.C15H24.C14H14/c1-17-20(18-9-13-22(2,3)14-10-18)7-6-8-21(17)19-11-15-23(4,5)16-12-19;1-15-14-16(2)21(19-12-8-5-9-13-19)17(3)20(15)18-10-6-4-7-11-18;1-15-18(16-9-4-2-5-10-16)13-8-14-19(15)17-11-6-3-7-12-17;1-11-12(14(2,3)4)9-8-10-13(11)15(5,6)7;1-11-7-6-10-14(12(11)2)13-8-4-3-5-9-13/h6-8,18-19H,9-16H2,1-5H3;4-14H,1-3H3;8,13-14,16-17H,2-7,9-12H2,1H3;8-10H,1-7H3;3-10H,1-2H3. The third-order valence-corrected chi connectivity index (χ3v) is 22.2. The van der Waals surface area contributed by atoms with Crippen molar-refractivity contribution in [1.29, 1.82) is 0 Å². The van der Waals surface area contributed by atoms with Crippen molar-refractivity contribution in [3.8, 4) is 33.4 Å². The molecule has 0 radical (unpaired) electrons. The summed E-state index contributed by atoms with van der Waals surface area (Å²) in [5, 5.41) is 0. The van der Waals surface area contributed by atoms with E-state index in [0.717, 1.165) is 23.7 Å². The molecule has 0 heterocycles. The summed E-state index contributed by atoms with van der Waals surface area (Å²) in [6, 6.07) is 61.7. The van der Waals surface area contributed by atoms with Crippen molar-refractivity contribution in [3.05, 3.63) is 248 Å². The summed E-state index contributed by atoms with van der Waals surface area (Å²) in [4.78, 5) is 0. The Morgan fingerprint density at radius 3 is 0.946 bits per heavy atom. The fraction of sp³-hybridized carbons (Fsp3) is 0.478. The van der Waals surface area contributed by atoms with Gasteiger partial charge in [0.1, 0.15) is 0 Å². The topological polar surface area (TPSA) is 0 Å². The second kappa shape index (κ2) is 32.3. The molecule has 0 spiro atoms. The Morgan fingerprint density at radius 2 is 0.598 bits per heavy atom. The van der Waals surface area contributed by atoms with Crippen molar-refractivity contribution in [3.63, 3.8) is 0 Å². The van der Waals surface area contributed by atoms with Crippen LogP contribution in [-0.2, 0) is 10.8 Å². The molecule has 4 aliphatic rings. The maximum absolute atomic E-state index is 2.44. The van der Waals surface area contributed by atoms with Gasteiger partial charge in [0.2, 0.25) is 0 Å². The van der Waals surface area contributed by atoms with E-state index >= 15 is 0 Å². The van der Waals surface area contributed by atoms with Crippen molar-refractivity contribution in [2.24, 2.45) is 10.8 Å². The quantitative estimate of drug-likeness (QED) is 0.149. The molecule has 0 aromatic heterocycles. The average Bonchev–Trinajstić information content (AvgIpc) is 0.903. The molecule has 0 aliphatic heterocycles. The van der Waals surface area contributed by atoms with Crippen molar-refractivity contribution in [2.45, 2.75) is 275 Å². The fourth-order valence-electron chi connectivity index (χ4n) is 16.6. The Hall–Kier alpha value is -6.24. The molecule has 0 N–H and O–H groups in total. The molecular weight excluding hydrogens is 1110 g/mol. The van der Waals surface area contributed by atoms with E-state index in [2.05, 4.69) is 294 Å². The molecule has 4 aliphatic carbocycles. The third kappa shape index (κ3) is 19.0. The predicted molar refractivity (Wildman–Crippen MR) is 405 cm³/mol. The molecule has 0 bridgehead atoms. The molecule has 0 nitrogen and oxygen atoms in total. The van der Waals surface area contributed by atoms with Crippen LogP contribution in [0, 0.1) is 66.2 Å². The van der Waals surface area contributed by atoms with E-state index in [-0.39, 0.29) is 10.8 Å². The normalized spacial score (nSPS) is 17.1. The van der Waals surface area contributed by atoms with Gasteiger partial charge < -0.3 is 0 Å². The Balaban J connectivity index is 0.000000150. The lowest BCUT2D eigenvalue weighted by Crippen LogP contribution is -2.22. The van der Waals surface area contributed by atoms with Gasteiger partial charge in [-0.3, -0.25) is 0 Å². The first-order valence-electron chi connectivity index (χ1n) is 36.4. The van der Waals surface area contributed by atoms with Crippen LogP contribution in [0.5, 0.6) is 0 Å². The van der Waals surface area contributed by atoms with Gasteiger partial charge in [0.15, 0.2) is 0 Å². The van der Waals surface area contributed by atoms with Gasteiger partial charge in [-0.1, -0.05) is 278 Å². The van der Waals surface area contributed by atoms with Crippen LogP contribution >= 0.6 is 0 Å². The lowest BCUT2D eigenvalue weighted by atomic mass is 9.68. The summed E-state index contributed by atoms with van der Waals surface area (Å²) >= 11 is 0. The van der Waals surface area contributed by atoms with Gasteiger partial charge in [0.25, 0.3) is 0 Å². The molecule has 0 heteroatoms. The van der Waals surface area contributed by atoms with Gasteiger partial charge >= 0.3 is 0 Å². The summed E-state index contributed by atoms with van der Waals surface area (Å²) in [5.74, 6) is 3.33. The lowest BCUT2D eigenvalue weighted by Gasteiger charge is -2.37. The van der Waals surface area contributed by atoms with E-state index in [1.165, 1.54) is 193 Å². The minimum absolute atomic E-state index is 0.241. The highest BCUT2D eigenvalue weighted by atomic mass is 14.4. The molecule has 0 amide bonds. The van der Waals surface area contributed by atoms with Crippen LogP contribution in [0.3, 0.4) is 0 Å². The zero-order valence-electron chi connectivity index (χ0n) is 61.2.